The summed E-state index contributed by atoms with van der Waals surface area (Å²) in [6.45, 7) is 1.80. The van der Waals surface area contributed by atoms with E-state index in [1.165, 1.54) is 6.33 Å². The third kappa shape index (κ3) is 1.45. The SMILES string of the molecule is CC1CCc2ncnc(N)c2N=C1F. The second kappa shape index (κ2) is 3.32. The third-order valence-electron chi connectivity index (χ3n) is 2.37. The van der Waals surface area contributed by atoms with Crippen molar-refractivity contribution >= 4 is 17.5 Å². The maximum absolute atomic E-state index is 13.3. The molecule has 1 aliphatic heterocycles. The number of anilines is 1. The van der Waals surface area contributed by atoms with Crippen molar-refractivity contribution in [3.8, 4) is 0 Å². The van der Waals surface area contributed by atoms with E-state index < -0.39 is 0 Å². The maximum Gasteiger partial charge on any atom is 0.192 e. The monoisotopic (exact) mass is 194 g/mol. The predicted molar refractivity (Wildman–Crippen MR) is 52.1 cm³/mol. The molecule has 2 heterocycles. The van der Waals surface area contributed by atoms with Gasteiger partial charge >= 0.3 is 0 Å². The maximum atomic E-state index is 13.3. The molecule has 74 valence electrons. The van der Waals surface area contributed by atoms with Gasteiger partial charge in [-0.15, -0.1) is 0 Å². The highest BCUT2D eigenvalue weighted by Gasteiger charge is 2.19. The Hall–Kier alpha value is -1.52. The quantitative estimate of drug-likeness (QED) is 0.682. The molecular weight excluding hydrogens is 183 g/mol. The Balaban J connectivity index is 2.53. The summed E-state index contributed by atoms with van der Waals surface area (Å²) in [7, 11) is 0. The van der Waals surface area contributed by atoms with E-state index in [4.69, 9.17) is 5.73 Å². The highest BCUT2D eigenvalue weighted by molar-refractivity contribution is 5.83. The number of rotatable bonds is 0. The third-order valence-corrected chi connectivity index (χ3v) is 2.37. The van der Waals surface area contributed by atoms with Gasteiger partial charge in [-0.05, 0) is 12.8 Å². The molecule has 2 rings (SSSR count). The first-order chi connectivity index (χ1) is 6.68. The molecule has 1 unspecified atom stereocenters. The smallest absolute Gasteiger partial charge is 0.192 e. The first kappa shape index (κ1) is 9.05. The largest absolute Gasteiger partial charge is 0.382 e. The molecular formula is C9H11FN4. The average molecular weight is 194 g/mol. The summed E-state index contributed by atoms with van der Waals surface area (Å²) in [6, 6.07) is 0. The standard InChI is InChI=1S/C9H11FN4/c1-5-2-3-6-7(14-8(5)10)9(11)13-4-12-6/h4-5H,2-3H2,1H3,(H2,11,12,13). The molecule has 0 spiro atoms. The van der Waals surface area contributed by atoms with Crippen molar-refractivity contribution in [3.05, 3.63) is 12.0 Å². The second-order valence-electron chi connectivity index (χ2n) is 3.43. The number of hydrogen-bond donors (Lipinski definition) is 1. The fourth-order valence-corrected chi connectivity index (χ4v) is 1.42. The number of hydrogen-bond acceptors (Lipinski definition) is 4. The molecule has 4 nitrogen and oxygen atoms in total. The Kier molecular flexibility index (Phi) is 2.15. The summed E-state index contributed by atoms with van der Waals surface area (Å²) in [4.78, 5) is 11.7. The van der Waals surface area contributed by atoms with Crippen LogP contribution in [0.5, 0.6) is 0 Å². The van der Waals surface area contributed by atoms with Gasteiger partial charge in [-0.3, -0.25) is 0 Å². The average Bonchev–Trinajstić information content (AvgIpc) is 2.30. The fraction of sp³-hybridized carbons (Fsp3) is 0.444. The molecule has 0 saturated heterocycles. The van der Waals surface area contributed by atoms with Crippen LogP contribution in [0.1, 0.15) is 19.0 Å². The highest BCUT2D eigenvalue weighted by Crippen LogP contribution is 2.29. The lowest BCUT2D eigenvalue weighted by Gasteiger charge is -2.02. The minimum atomic E-state index is -0.384. The van der Waals surface area contributed by atoms with Crippen molar-refractivity contribution in [1.29, 1.82) is 0 Å². The number of nitrogens with two attached hydrogens (primary N) is 1. The summed E-state index contributed by atoms with van der Waals surface area (Å²) in [6.07, 6.45) is 2.79. The number of aromatic nitrogens is 2. The van der Waals surface area contributed by atoms with Crippen molar-refractivity contribution in [2.75, 3.05) is 5.73 Å². The second-order valence-corrected chi connectivity index (χ2v) is 3.43. The molecule has 0 bridgehead atoms. The normalized spacial score (nSPS) is 21.0. The Morgan fingerprint density at radius 1 is 1.50 bits per heavy atom. The van der Waals surface area contributed by atoms with E-state index in [1.807, 2.05) is 0 Å². The Morgan fingerprint density at radius 2 is 2.29 bits per heavy atom. The Morgan fingerprint density at radius 3 is 3.07 bits per heavy atom. The van der Waals surface area contributed by atoms with Gasteiger partial charge in [-0.25, -0.2) is 15.0 Å². The Labute approximate surface area is 81.1 Å². The Bertz CT molecular complexity index is 388. The van der Waals surface area contributed by atoms with Gasteiger partial charge in [0.05, 0.1) is 5.69 Å². The molecule has 0 fully saturated rings. The van der Waals surface area contributed by atoms with Gasteiger partial charge in [0.25, 0.3) is 0 Å². The van der Waals surface area contributed by atoms with Crippen LogP contribution in [-0.2, 0) is 6.42 Å². The summed E-state index contributed by atoms with van der Waals surface area (Å²) < 4.78 is 13.3. The molecule has 1 atom stereocenters. The number of nitrogens with zero attached hydrogens (tertiary/aromatic N) is 3. The van der Waals surface area contributed by atoms with Crippen LogP contribution in [-0.4, -0.2) is 15.9 Å². The zero-order chi connectivity index (χ0) is 10.1. The van der Waals surface area contributed by atoms with Crippen LogP contribution in [0.2, 0.25) is 0 Å². The van der Waals surface area contributed by atoms with Gasteiger partial charge in [-0.2, -0.15) is 4.39 Å². The van der Waals surface area contributed by atoms with Crippen LogP contribution in [0.15, 0.2) is 11.3 Å². The number of aryl methyl sites for hydroxylation is 1. The van der Waals surface area contributed by atoms with Gasteiger partial charge in [0.15, 0.2) is 11.8 Å². The van der Waals surface area contributed by atoms with Crippen LogP contribution < -0.4 is 5.73 Å². The topological polar surface area (TPSA) is 64.2 Å². The number of aliphatic imine (C=N–C) groups is 1. The van der Waals surface area contributed by atoms with Crippen molar-refractivity contribution in [2.45, 2.75) is 19.8 Å². The molecule has 1 aromatic heterocycles. The molecule has 1 aromatic rings. The van der Waals surface area contributed by atoms with Gasteiger partial charge in [0.2, 0.25) is 0 Å². The molecule has 0 radical (unpaired) electrons. The molecule has 0 amide bonds. The zero-order valence-electron chi connectivity index (χ0n) is 7.87. The van der Waals surface area contributed by atoms with Crippen LogP contribution in [0.25, 0.3) is 0 Å². The van der Waals surface area contributed by atoms with Crippen LogP contribution in [0, 0.1) is 5.92 Å². The number of halogens is 1. The van der Waals surface area contributed by atoms with E-state index in [0.717, 1.165) is 5.69 Å². The highest BCUT2D eigenvalue weighted by atomic mass is 19.1. The van der Waals surface area contributed by atoms with Crippen molar-refractivity contribution < 1.29 is 4.39 Å². The molecule has 1 aliphatic rings. The molecule has 2 N–H and O–H groups in total. The molecule has 5 heteroatoms. The van der Waals surface area contributed by atoms with Crippen molar-refractivity contribution in [3.63, 3.8) is 0 Å². The predicted octanol–water partition coefficient (Wildman–Crippen LogP) is 1.64. The lowest BCUT2D eigenvalue weighted by molar-refractivity contribution is 0.609. The van der Waals surface area contributed by atoms with E-state index in [-0.39, 0.29) is 17.7 Å². The van der Waals surface area contributed by atoms with E-state index in [1.54, 1.807) is 6.92 Å². The molecule has 0 saturated carbocycles. The summed E-state index contributed by atoms with van der Waals surface area (Å²) in [5, 5.41) is 0. The van der Waals surface area contributed by atoms with Gasteiger partial charge in [0.1, 0.15) is 12.0 Å². The zero-order valence-corrected chi connectivity index (χ0v) is 7.87. The van der Waals surface area contributed by atoms with Crippen LogP contribution >= 0.6 is 0 Å². The van der Waals surface area contributed by atoms with Gasteiger partial charge < -0.3 is 5.73 Å². The molecule has 0 aliphatic carbocycles. The summed E-state index contributed by atoms with van der Waals surface area (Å²) >= 11 is 0. The number of nitrogen functional groups attached to an aromatic ring is 1. The van der Waals surface area contributed by atoms with E-state index in [2.05, 4.69) is 15.0 Å². The van der Waals surface area contributed by atoms with Crippen LogP contribution in [0.4, 0.5) is 15.9 Å². The minimum Gasteiger partial charge on any atom is -0.382 e. The minimum absolute atomic E-state index is 0.163. The lowest BCUT2D eigenvalue weighted by atomic mass is 10.1. The van der Waals surface area contributed by atoms with Gasteiger partial charge in [0, 0.05) is 5.92 Å². The van der Waals surface area contributed by atoms with Crippen LogP contribution in [0.3, 0.4) is 0 Å². The van der Waals surface area contributed by atoms with E-state index >= 15 is 0 Å². The van der Waals surface area contributed by atoms with Gasteiger partial charge in [-0.1, -0.05) is 6.92 Å². The first-order valence-corrected chi connectivity index (χ1v) is 4.52. The molecule has 0 aromatic carbocycles. The van der Waals surface area contributed by atoms with Crippen molar-refractivity contribution in [2.24, 2.45) is 10.9 Å². The number of fused-ring (bicyclic) bond motifs is 1. The first-order valence-electron chi connectivity index (χ1n) is 4.52. The van der Waals surface area contributed by atoms with E-state index in [0.29, 0.717) is 18.5 Å². The van der Waals surface area contributed by atoms with Crippen molar-refractivity contribution in [1.82, 2.24) is 9.97 Å². The summed E-state index contributed by atoms with van der Waals surface area (Å²) in [5.41, 5.74) is 6.72. The fourth-order valence-electron chi connectivity index (χ4n) is 1.42. The van der Waals surface area contributed by atoms with E-state index in [9.17, 15) is 4.39 Å². The molecule has 14 heavy (non-hydrogen) atoms. The summed E-state index contributed by atoms with van der Waals surface area (Å²) in [5.74, 6) is -0.298. The lowest BCUT2D eigenvalue weighted by Crippen LogP contribution is -2.03.